The first-order chi connectivity index (χ1) is 13.7. The molecular formula is C21H20N4O3. The Morgan fingerprint density at radius 2 is 2.00 bits per heavy atom. The first kappa shape index (κ1) is 17.8. The first-order valence-corrected chi connectivity index (χ1v) is 8.90. The lowest BCUT2D eigenvalue weighted by atomic mass is 10.0. The van der Waals surface area contributed by atoms with E-state index in [-0.39, 0.29) is 12.3 Å². The van der Waals surface area contributed by atoms with Crippen LogP contribution in [0.25, 0.3) is 11.0 Å². The van der Waals surface area contributed by atoms with Crippen LogP contribution in [0.15, 0.2) is 65.4 Å². The summed E-state index contributed by atoms with van der Waals surface area (Å²) < 4.78 is 12.7. The highest BCUT2D eigenvalue weighted by molar-refractivity contribution is 5.86. The molecule has 1 N–H and O–H groups in total. The summed E-state index contributed by atoms with van der Waals surface area (Å²) in [5.41, 5.74) is 2.10. The largest absolute Gasteiger partial charge is 0.496 e. The number of amides is 1. The Hall–Kier alpha value is -3.61. The molecule has 0 saturated heterocycles. The zero-order chi connectivity index (χ0) is 19.5. The fourth-order valence-corrected chi connectivity index (χ4v) is 3.27. The predicted molar refractivity (Wildman–Crippen MR) is 104 cm³/mol. The fraction of sp³-hybridized carbons (Fsp3) is 0.190. The molecule has 7 heteroatoms. The Bertz CT molecular complexity index is 1120. The quantitative estimate of drug-likeness (QED) is 0.559. The van der Waals surface area contributed by atoms with Gasteiger partial charge in [0.25, 0.3) is 0 Å². The van der Waals surface area contributed by atoms with Crippen LogP contribution in [0, 0.1) is 0 Å². The number of nitrogens with zero attached hydrogens (tertiary/aromatic N) is 3. The van der Waals surface area contributed by atoms with Crippen molar-refractivity contribution in [1.29, 1.82) is 0 Å². The average molecular weight is 376 g/mol. The third-order valence-corrected chi connectivity index (χ3v) is 4.65. The molecule has 1 amide bonds. The van der Waals surface area contributed by atoms with Gasteiger partial charge in [0, 0.05) is 30.4 Å². The van der Waals surface area contributed by atoms with Gasteiger partial charge in [0.1, 0.15) is 23.3 Å². The Kier molecular flexibility index (Phi) is 4.80. The molecule has 0 radical (unpaired) electrons. The molecule has 7 nitrogen and oxygen atoms in total. The number of carbonyl (C=O) groups is 1. The van der Waals surface area contributed by atoms with E-state index in [1.54, 1.807) is 13.3 Å². The maximum Gasteiger partial charge on any atom is 0.227 e. The molecule has 142 valence electrons. The van der Waals surface area contributed by atoms with Crippen LogP contribution in [0.4, 0.5) is 0 Å². The lowest BCUT2D eigenvalue weighted by Gasteiger charge is -2.21. The number of fused-ring (bicyclic) bond motifs is 1. The Balaban J connectivity index is 1.64. The van der Waals surface area contributed by atoms with Gasteiger partial charge in [-0.2, -0.15) is 0 Å². The molecule has 0 aliphatic rings. The van der Waals surface area contributed by atoms with Crippen molar-refractivity contribution in [3.05, 3.63) is 78.0 Å². The summed E-state index contributed by atoms with van der Waals surface area (Å²) in [4.78, 5) is 17.3. The van der Waals surface area contributed by atoms with Crippen LogP contribution >= 0.6 is 0 Å². The van der Waals surface area contributed by atoms with Crippen molar-refractivity contribution >= 4 is 16.9 Å². The number of benzene rings is 2. The summed E-state index contributed by atoms with van der Waals surface area (Å²) in [6, 6.07) is 14.6. The van der Waals surface area contributed by atoms with Gasteiger partial charge in [-0.15, -0.1) is 0 Å². The fourth-order valence-electron chi connectivity index (χ4n) is 3.27. The number of methoxy groups -OCH3 is 1. The van der Waals surface area contributed by atoms with Crippen molar-refractivity contribution in [2.75, 3.05) is 7.11 Å². The van der Waals surface area contributed by atoms with Crippen molar-refractivity contribution in [1.82, 2.24) is 20.0 Å². The van der Waals surface area contributed by atoms with Gasteiger partial charge in [-0.05, 0) is 18.2 Å². The van der Waals surface area contributed by atoms with Gasteiger partial charge in [-0.3, -0.25) is 4.79 Å². The number of carbonyl (C=O) groups excluding carboxylic acids is 1. The maximum atomic E-state index is 12.9. The summed E-state index contributed by atoms with van der Waals surface area (Å²) in [6.07, 6.45) is 3.65. The molecule has 0 saturated carbocycles. The zero-order valence-electron chi connectivity index (χ0n) is 15.6. The Morgan fingerprint density at radius 1 is 1.21 bits per heavy atom. The smallest absolute Gasteiger partial charge is 0.227 e. The average Bonchev–Trinajstić information content (AvgIpc) is 3.32. The van der Waals surface area contributed by atoms with Gasteiger partial charge in [-0.25, -0.2) is 4.98 Å². The van der Waals surface area contributed by atoms with Gasteiger partial charge in [-0.1, -0.05) is 35.5 Å². The first-order valence-electron chi connectivity index (χ1n) is 8.90. The van der Waals surface area contributed by atoms with E-state index in [1.165, 1.54) is 0 Å². The highest BCUT2D eigenvalue weighted by Crippen LogP contribution is 2.29. The van der Waals surface area contributed by atoms with E-state index in [4.69, 9.17) is 9.26 Å². The van der Waals surface area contributed by atoms with Crippen LogP contribution in [0.1, 0.15) is 23.1 Å². The molecule has 1 atom stereocenters. The van der Waals surface area contributed by atoms with E-state index >= 15 is 0 Å². The Labute approximate surface area is 161 Å². The number of nitrogens with one attached hydrogen (secondary N) is 1. The van der Waals surface area contributed by atoms with Crippen LogP contribution in [-0.4, -0.2) is 27.7 Å². The van der Waals surface area contributed by atoms with E-state index in [2.05, 4.69) is 15.5 Å². The highest BCUT2D eigenvalue weighted by atomic mass is 16.5. The zero-order valence-corrected chi connectivity index (χ0v) is 15.6. The summed E-state index contributed by atoms with van der Waals surface area (Å²) in [5, 5.41) is 7.95. The van der Waals surface area contributed by atoms with Gasteiger partial charge >= 0.3 is 0 Å². The SMILES string of the molecule is COc1ccccc1[C@H](NC(=O)Cc1noc2ccccc12)c1nccn1C. The summed E-state index contributed by atoms with van der Waals surface area (Å²) >= 11 is 0. The topological polar surface area (TPSA) is 82.2 Å². The number of para-hydroxylation sites is 2. The number of rotatable bonds is 6. The van der Waals surface area contributed by atoms with Crippen molar-refractivity contribution in [2.24, 2.45) is 7.05 Å². The number of aromatic nitrogens is 3. The van der Waals surface area contributed by atoms with Gasteiger partial charge in [0.15, 0.2) is 5.58 Å². The van der Waals surface area contributed by atoms with E-state index in [0.717, 1.165) is 10.9 Å². The van der Waals surface area contributed by atoms with Gasteiger partial charge in [0.2, 0.25) is 5.91 Å². The van der Waals surface area contributed by atoms with Gasteiger partial charge in [0.05, 0.1) is 13.5 Å². The molecular weight excluding hydrogens is 356 g/mol. The van der Waals surface area contributed by atoms with E-state index in [1.807, 2.05) is 66.3 Å². The number of aryl methyl sites for hydroxylation is 1. The molecule has 0 aliphatic heterocycles. The predicted octanol–water partition coefficient (Wildman–Crippen LogP) is 3.02. The summed E-state index contributed by atoms with van der Waals surface area (Å²) in [7, 11) is 3.50. The van der Waals surface area contributed by atoms with Crippen molar-refractivity contribution < 1.29 is 14.1 Å². The lowest BCUT2D eigenvalue weighted by Crippen LogP contribution is -2.32. The molecule has 0 spiro atoms. The van der Waals surface area contributed by atoms with Crippen LogP contribution in [-0.2, 0) is 18.3 Å². The normalized spacial score (nSPS) is 12.1. The number of hydrogen-bond acceptors (Lipinski definition) is 5. The van der Waals surface area contributed by atoms with Gasteiger partial charge < -0.3 is 19.1 Å². The van der Waals surface area contributed by atoms with Crippen LogP contribution in [0.5, 0.6) is 5.75 Å². The van der Waals surface area contributed by atoms with Crippen LogP contribution in [0.3, 0.4) is 0 Å². The summed E-state index contributed by atoms with van der Waals surface area (Å²) in [5.74, 6) is 1.21. The summed E-state index contributed by atoms with van der Waals surface area (Å²) in [6.45, 7) is 0. The van der Waals surface area contributed by atoms with E-state index in [9.17, 15) is 4.79 Å². The van der Waals surface area contributed by atoms with Crippen molar-refractivity contribution in [3.63, 3.8) is 0 Å². The van der Waals surface area contributed by atoms with E-state index < -0.39 is 6.04 Å². The monoisotopic (exact) mass is 376 g/mol. The molecule has 28 heavy (non-hydrogen) atoms. The van der Waals surface area contributed by atoms with Crippen LogP contribution in [0.2, 0.25) is 0 Å². The standard InChI is InChI=1S/C21H20N4O3/c1-25-12-11-22-21(25)20(15-8-4-5-9-17(15)27-2)23-19(26)13-16-14-7-3-6-10-18(14)28-24-16/h3-12,20H,13H2,1-2H3,(H,23,26)/t20-/m0/s1. The number of ether oxygens (including phenoxy) is 1. The minimum Gasteiger partial charge on any atom is -0.496 e. The number of hydrogen-bond donors (Lipinski definition) is 1. The molecule has 2 heterocycles. The minimum absolute atomic E-state index is 0.104. The molecule has 2 aromatic heterocycles. The third kappa shape index (κ3) is 3.34. The maximum absolute atomic E-state index is 12.9. The van der Waals surface area contributed by atoms with Crippen molar-refractivity contribution in [2.45, 2.75) is 12.5 Å². The lowest BCUT2D eigenvalue weighted by molar-refractivity contribution is -0.121. The molecule has 2 aromatic carbocycles. The van der Waals surface area contributed by atoms with Crippen LogP contribution < -0.4 is 10.1 Å². The third-order valence-electron chi connectivity index (χ3n) is 4.65. The second-order valence-corrected chi connectivity index (χ2v) is 6.44. The molecule has 4 aromatic rings. The molecule has 0 fully saturated rings. The molecule has 0 bridgehead atoms. The molecule has 0 unspecified atom stereocenters. The molecule has 4 rings (SSSR count). The van der Waals surface area contributed by atoms with E-state index in [0.29, 0.717) is 22.9 Å². The highest BCUT2D eigenvalue weighted by Gasteiger charge is 2.24. The second-order valence-electron chi connectivity index (χ2n) is 6.44. The minimum atomic E-state index is -0.457. The second kappa shape index (κ2) is 7.56. The molecule has 0 aliphatic carbocycles. The Morgan fingerprint density at radius 3 is 2.79 bits per heavy atom. The van der Waals surface area contributed by atoms with Crippen molar-refractivity contribution in [3.8, 4) is 5.75 Å². The number of imidazole rings is 1.